The highest BCUT2D eigenvalue weighted by Gasteiger charge is 2.20. The van der Waals surface area contributed by atoms with Crippen LogP contribution in [0, 0.1) is 18.3 Å². The van der Waals surface area contributed by atoms with Crippen LogP contribution >= 0.6 is 0 Å². The molecule has 98 valence electrons. The van der Waals surface area contributed by atoms with E-state index < -0.39 is 10.0 Å². The topological polar surface area (TPSA) is 70.0 Å². The smallest absolute Gasteiger partial charge is 0.208 e. The lowest BCUT2D eigenvalue weighted by atomic mass is 10.2. The number of aryl methyl sites for hydroxylation is 1. The first-order chi connectivity index (χ1) is 8.44. The summed E-state index contributed by atoms with van der Waals surface area (Å²) in [5.41, 5.74) is 0.998. The maximum Gasteiger partial charge on any atom is 0.241 e. The Morgan fingerprint density at radius 3 is 2.44 bits per heavy atom. The highest BCUT2D eigenvalue weighted by molar-refractivity contribution is 7.89. The Morgan fingerprint density at radius 2 is 1.94 bits per heavy atom. The number of hydrogen-bond acceptors (Lipinski definition) is 3. The van der Waals surface area contributed by atoms with Crippen LogP contribution in [0.25, 0.3) is 0 Å². The third-order valence-corrected chi connectivity index (χ3v) is 4.58. The summed E-state index contributed by atoms with van der Waals surface area (Å²) in [6.07, 6.45) is 1.49. The summed E-state index contributed by atoms with van der Waals surface area (Å²) in [5.74, 6) is 0. The van der Waals surface area contributed by atoms with E-state index >= 15 is 0 Å². The lowest BCUT2D eigenvalue weighted by Crippen LogP contribution is -2.34. The fourth-order valence-electron chi connectivity index (χ4n) is 1.70. The van der Waals surface area contributed by atoms with Crippen LogP contribution < -0.4 is 4.72 Å². The summed E-state index contributed by atoms with van der Waals surface area (Å²) >= 11 is 0. The molecule has 1 N–H and O–H groups in total. The van der Waals surface area contributed by atoms with E-state index in [1.54, 1.807) is 19.1 Å². The van der Waals surface area contributed by atoms with Crippen molar-refractivity contribution in [1.29, 1.82) is 5.26 Å². The molecule has 1 rings (SSSR count). The summed E-state index contributed by atoms with van der Waals surface area (Å²) in [7, 11) is -3.55. The molecule has 0 saturated carbocycles. The van der Waals surface area contributed by atoms with Crippen molar-refractivity contribution in [3.63, 3.8) is 0 Å². The lowest BCUT2D eigenvalue weighted by Gasteiger charge is -2.16. The molecule has 0 aliphatic heterocycles. The number of rotatable bonds is 5. The van der Waals surface area contributed by atoms with E-state index in [1.165, 1.54) is 6.07 Å². The van der Waals surface area contributed by atoms with Crippen LogP contribution in [0.5, 0.6) is 0 Å². The molecule has 0 aromatic heterocycles. The van der Waals surface area contributed by atoms with Gasteiger partial charge in [-0.2, -0.15) is 5.26 Å². The van der Waals surface area contributed by atoms with Crippen LogP contribution in [0.3, 0.4) is 0 Å². The van der Waals surface area contributed by atoms with E-state index in [-0.39, 0.29) is 10.9 Å². The summed E-state index contributed by atoms with van der Waals surface area (Å²) in [6, 6.07) is 6.57. The van der Waals surface area contributed by atoms with E-state index in [2.05, 4.69) is 4.72 Å². The Morgan fingerprint density at radius 1 is 1.33 bits per heavy atom. The van der Waals surface area contributed by atoms with Gasteiger partial charge in [0.1, 0.15) is 0 Å². The second kappa shape index (κ2) is 5.98. The Kier molecular flexibility index (Phi) is 4.88. The number of nitriles is 1. The van der Waals surface area contributed by atoms with Crippen LogP contribution in [0.2, 0.25) is 0 Å². The Hall–Kier alpha value is -1.38. The number of sulfonamides is 1. The third kappa shape index (κ3) is 3.31. The van der Waals surface area contributed by atoms with Crippen molar-refractivity contribution in [3.8, 4) is 6.07 Å². The predicted octanol–water partition coefficient (Wildman–Crippen LogP) is 2.33. The minimum absolute atomic E-state index is 0.0693. The van der Waals surface area contributed by atoms with Crippen molar-refractivity contribution in [3.05, 3.63) is 29.3 Å². The first-order valence-electron chi connectivity index (χ1n) is 5.97. The number of nitrogens with one attached hydrogen (secondary N) is 1. The second-order valence-electron chi connectivity index (χ2n) is 4.23. The summed E-state index contributed by atoms with van der Waals surface area (Å²) in [5, 5.41) is 8.83. The maximum atomic E-state index is 12.2. The Bertz CT molecular complexity index is 555. The minimum atomic E-state index is -3.55. The van der Waals surface area contributed by atoms with Crippen LogP contribution in [0.15, 0.2) is 23.1 Å². The van der Waals surface area contributed by atoms with Gasteiger partial charge in [-0.25, -0.2) is 13.1 Å². The van der Waals surface area contributed by atoms with Gasteiger partial charge in [0.05, 0.1) is 16.5 Å². The molecular weight excluding hydrogens is 248 g/mol. The van der Waals surface area contributed by atoms with Gasteiger partial charge in [0.2, 0.25) is 10.0 Å². The molecule has 0 aliphatic rings. The normalized spacial score (nSPS) is 11.5. The van der Waals surface area contributed by atoms with E-state index in [0.717, 1.165) is 12.8 Å². The molecule has 0 unspecified atom stereocenters. The second-order valence-corrected chi connectivity index (χ2v) is 5.91. The first-order valence-corrected chi connectivity index (χ1v) is 7.46. The molecule has 4 nitrogen and oxygen atoms in total. The van der Waals surface area contributed by atoms with Crippen LogP contribution in [0.1, 0.15) is 37.8 Å². The highest BCUT2D eigenvalue weighted by Crippen LogP contribution is 2.17. The molecule has 0 amide bonds. The van der Waals surface area contributed by atoms with E-state index in [0.29, 0.717) is 11.1 Å². The van der Waals surface area contributed by atoms with Gasteiger partial charge in [0, 0.05) is 6.04 Å². The molecule has 0 aliphatic carbocycles. The SMILES string of the molecule is CCC(CC)NS(=O)(=O)c1cc(C#N)ccc1C. The van der Waals surface area contributed by atoms with Crippen LogP contribution in [0.4, 0.5) is 0 Å². The van der Waals surface area contributed by atoms with E-state index in [9.17, 15) is 8.42 Å². The number of hydrogen-bond donors (Lipinski definition) is 1. The third-order valence-electron chi connectivity index (χ3n) is 2.91. The van der Waals surface area contributed by atoms with Gasteiger partial charge in [0.25, 0.3) is 0 Å². The van der Waals surface area contributed by atoms with Gasteiger partial charge in [-0.05, 0) is 37.5 Å². The number of benzene rings is 1. The van der Waals surface area contributed by atoms with Crippen LogP contribution in [-0.4, -0.2) is 14.5 Å². The summed E-state index contributed by atoms with van der Waals surface area (Å²) in [4.78, 5) is 0.188. The zero-order chi connectivity index (χ0) is 13.8. The van der Waals surface area contributed by atoms with Gasteiger partial charge in [-0.3, -0.25) is 0 Å². The molecule has 0 bridgehead atoms. The average molecular weight is 266 g/mol. The van der Waals surface area contributed by atoms with Crippen molar-refractivity contribution in [2.45, 2.75) is 44.6 Å². The molecule has 18 heavy (non-hydrogen) atoms. The molecule has 5 heteroatoms. The fourth-order valence-corrected chi connectivity index (χ4v) is 3.37. The van der Waals surface area contributed by atoms with Crippen molar-refractivity contribution in [2.75, 3.05) is 0 Å². The monoisotopic (exact) mass is 266 g/mol. The van der Waals surface area contributed by atoms with Crippen molar-refractivity contribution >= 4 is 10.0 Å². The Balaban J connectivity index is 3.16. The van der Waals surface area contributed by atoms with Crippen molar-refractivity contribution in [2.24, 2.45) is 0 Å². The first kappa shape index (κ1) is 14.7. The Labute approximate surface area is 109 Å². The van der Waals surface area contributed by atoms with Crippen molar-refractivity contribution < 1.29 is 8.42 Å². The molecule has 0 spiro atoms. The standard InChI is InChI=1S/C13H18N2O2S/c1-4-12(5-2)15-18(16,17)13-8-11(9-14)7-6-10(13)3/h6-8,12,15H,4-5H2,1-3H3. The largest absolute Gasteiger partial charge is 0.241 e. The lowest BCUT2D eigenvalue weighted by molar-refractivity contribution is 0.530. The van der Waals surface area contributed by atoms with Gasteiger partial charge in [-0.15, -0.1) is 0 Å². The summed E-state index contributed by atoms with van der Waals surface area (Å²) in [6.45, 7) is 5.60. The predicted molar refractivity (Wildman–Crippen MR) is 70.6 cm³/mol. The van der Waals surface area contributed by atoms with Crippen LogP contribution in [-0.2, 0) is 10.0 Å². The summed E-state index contributed by atoms with van der Waals surface area (Å²) < 4.78 is 27.1. The van der Waals surface area contributed by atoms with Crippen molar-refractivity contribution in [1.82, 2.24) is 4.72 Å². The minimum Gasteiger partial charge on any atom is -0.208 e. The van der Waals surface area contributed by atoms with Gasteiger partial charge < -0.3 is 0 Å². The van der Waals surface area contributed by atoms with Gasteiger partial charge in [0.15, 0.2) is 0 Å². The quantitative estimate of drug-likeness (QED) is 0.889. The number of nitrogens with zero attached hydrogens (tertiary/aromatic N) is 1. The average Bonchev–Trinajstić information content (AvgIpc) is 2.36. The molecule has 1 aromatic carbocycles. The van der Waals surface area contributed by atoms with E-state index in [4.69, 9.17) is 5.26 Å². The fraction of sp³-hybridized carbons (Fsp3) is 0.462. The molecule has 0 radical (unpaired) electrons. The zero-order valence-corrected chi connectivity index (χ0v) is 11.7. The molecule has 1 aromatic rings. The molecule has 0 atom stereocenters. The molecular formula is C13H18N2O2S. The van der Waals surface area contributed by atoms with Gasteiger partial charge in [-0.1, -0.05) is 19.9 Å². The van der Waals surface area contributed by atoms with Gasteiger partial charge >= 0.3 is 0 Å². The van der Waals surface area contributed by atoms with E-state index in [1.807, 2.05) is 19.9 Å². The molecule has 0 fully saturated rings. The zero-order valence-electron chi connectivity index (χ0n) is 10.9. The molecule has 0 saturated heterocycles. The molecule has 0 heterocycles. The maximum absolute atomic E-state index is 12.2. The highest BCUT2D eigenvalue weighted by atomic mass is 32.2.